The number of hydrogen-bond donors (Lipinski definition) is 0. The van der Waals surface area contributed by atoms with Gasteiger partial charge in [-0.1, -0.05) is 142 Å². The lowest BCUT2D eigenvalue weighted by atomic mass is 9.83. The summed E-state index contributed by atoms with van der Waals surface area (Å²) in [7, 11) is 0. The van der Waals surface area contributed by atoms with E-state index in [1.807, 2.05) is 0 Å². The summed E-state index contributed by atoms with van der Waals surface area (Å²) in [6.07, 6.45) is 32.9. The number of unbranched alkanes of at least 4 members (excludes halogenated alkanes) is 18. The summed E-state index contributed by atoms with van der Waals surface area (Å²) >= 11 is 0. The van der Waals surface area contributed by atoms with Gasteiger partial charge in [0.05, 0.1) is 0 Å². The van der Waals surface area contributed by atoms with Crippen molar-refractivity contribution in [3.63, 3.8) is 0 Å². The van der Waals surface area contributed by atoms with Crippen molar-refractivity contribution in [2.24, 2.45) is 0 Å². The molecule has 1 saturated heterocycles. The normalized spacial score (nSPS) is 15.5. The maximum absolute atomic E-state index is 12.4. The van der Waals surface area contributed by atoms with E-state index in [1.54, 1.807) is 6.92 Å². The van der Waals surface area contributed by atoms with Gasteiger partial charge in [-0.05, 0) is 25.7 Å². The zero-order valence-electron chi connectivity index (χ0n) is 22.5. The van der Waals surface area contributed by atoms with Gasteiger partial charge in [0.15, 0.2) is 0 Å². The van der Waals surface area contributed by atoms with Crippen LogP contribution >= 0.6 is 0 Å². The van der Waals surface area contributed by atoms with Gasteiger partial charge in [-0.2, -0.15) is 0 Å². The van der Waals surface area contributed by atoms with Gasteiger partial charge in [-0.3, -0.25) is 4.79 Å². The van der Waals surface area contributed by atoms with Crippen LogP contribution in [0.1, 0.15) is 175 Å². The standard InChI is InChI=1S/C30H59NO/c1-4-6-8-10-12-14-16-18-20-22-25-30(27-24-28-31(30)29(3)32)26-23-21-19-17-15-13-11-9-7-5-2/h4-28H2,1-3H3. The first-order valence-corrected chi connectivity index (χ1v) is 14.9. The van der Waals surface area contributed by atoms with Gasteiger partial charge in [-0.25, -0.2) is 0 Å². The average molecular weight is 450 g/mol. The summed E-state index contributed by atoms with van der Waals surface area (Å²) in [6.45, 7) is 7.39. The number of carbonyl (C=O) groups is 1. The van der Waals surface area contributed by atoms with Gasteiger partial charge in [0.1, 0.15) is 0 Å². The molecule has 0 spiro atoms. The second kappa shape index (κ2) is 19.9. The van der Waals surface area contributed by atoms with Gasteiger partial charge in [0.25, 0.3) is 0 Å². The Balaban J connectivity index is 2.20. The Kier molecular flexibility index (Phi) is 18.3. The summed E-state index contributed by atoms with van der Waals surface area (Å²) in [5.41, 5.74) is 0.201. The highest BCUT2D eigenvalue weighted by Crippen LogP contribution is 2.39. The van der Waals surface area contributed by atoms with Crippen LogP contribution in [0.25, 0.3) is 0 Å². The zero-order valence-corrected chi connectivity index (χ0v) is 22.5. The Labute approximate surface area is 202 Å². The van der Waals surface area contributed by atoms with Crippen LogP contribution in [0.15, 0.2) is 0 Å². The van der Waals surface area contributed by atoms with Crippen molar-refractivity contribution < 1.29 is 4.79 Å². The molecule has 1 heterocycles. The SMILES string of the molecule is CCCCCCCCCCCCC1(CCCCCCCCCCCC)CCCN1C(C)=O. The molecule has 0 aromatic heterocycles. The molecule has 0 atom stereocenters. The quantitative estimate of drug-likeness (QED) is 0.150. The van der Waals surface area contributed by atoms with Crippen LogP contribution in [-0.2, 0) is 4.79 Å². The molecule has 0 unspecified atom stereocenters. The number of likely N-dealkylation sites (tertiary alicyclic amines) is 1. The van der Waals surface area contributed by atoms with Gasteiger partial charge in [0, 0.05) is 19.0 Å². The third kappa shape index (κ3) is 13.2. The molecule has 0 saturated carbocycles. The first-order chi connectivity index (χ1) is 15.7. The van der Waals surface area contributed by atoms with E-state index in [0.29, 0.717) is 5.91 Å². The highest BCUT2D eigenvalue weighted by Gasteiger charge is 2.40. The van der Waals surface area contributed by atoms with Crippen LogP contribution in [0.4, 0.5) is 0 Å². The van der Waals surface area contributed by atoms with Crippen molar-refractivity contribution in [1.82, 2.24) is 4.90 Å². The van der Waals surface area contributed by atoms with E-state index in [1.165, 1.54) is 154 Å². The van der Waals surface area contributed by atoms with Crippen LogP contribution in [0.2, 0.25) is 0 Å². The van der Waals surface area contributed by atoms with E-state index in [-0.39, 0.29) is 5.54 Å². The van der Waals surface area contributed by atoms with Crippen molar-refractivity contribution >= 4 is 5.91 Å². The third-order valence-electron chi connectivity index (χ3n) is 7.97. The monoisotopic (exact) mass is 449 g/mol. The number of nitrogens with zero attached hydrogens (tertiary/aromatic N) is 1. The third-order valence-corrected chi connectivity index (χ3v) is 7.97. The van der Waals surface area contributed by atoms with E-state index in [2.05, 4.69) is 18.7 Å². The van der Waals surface area contributed by atoms with Gasteiger partial charge < -0.3 is 4.90 Å². The summed E-state index contributed by atoms with van der Waals surface area (Å²) in [5, 5.41) is 0. The predicted octanol–water partition coefficient (Wildman–Crippen LogP) is 9.99. The predicted molar refractivity (Wildman–Crippen MR) is 142 cm³/mol. The molecule has 190 valence electrons. The molecule has 2 nitrogen and oxygen atoms in total. The van der Waals surface area contributed by atoms with Crippen molar-refractivity contribution in [1.29, 1.82) is 0 Å². The smallest absolute Gasteiger partial charge is 0.219 e. The fourth-order valence-electron chi connectivity index (χ4n) is 5.96. The van der Waals surface area contributed by atoms with Crippen molar-refractivity contribution in [2.75, 3.05) is 6.54 Å². The summed E-state index contributed by atoms with van der Waals surface area (Å²) in [5.74, 6) is 0.321. The Bertz CT molecular complexity index is 409. The van der Waals surface area contributed by atoms with E-state index < -0.39 is 0 Å². The maximum Gasteiger partial charge on any atom is 0.219 e. The number of carbonyl (C=O) groups excluding carboxylic acids is 1. The van der Waals surface area contributed by atoms with Crippen LogP contribution in [-0.4, -0.2) is 22.9 Å². The van der Waals surface area contributed by atoms with E-state index in [4.69, 9.17) is 0 Å². The molecule has 0 N–H and O–H groups in total. The molecular formula is C30H59NO. The average Bonchev–Trinajstić information content (AvgIpc) is 3.20. The second-order valence-corrected chi connectivity index (χ2v) is 10.9. The highest BCUT2D eigenvalue weighted by atomic mass is 16.2. The Hall–Kier alpha value is -0.530. The Morgan fingerprint density at radius 2 is 0.938 bits per heavy atom. The van der Waals surface area contributed by atoms with E-state index in [0.717, 1.165) is 6.54 Å². The lowest BCUT2D eigenvalue weighted by molar-refractivity contribution is -0.133. The summed E-state index contributed by atoms with van der Waals surface area (Å²) in [4.78, 5) is 14.6. The second-order valence-electron chi connectivity index (χ2n) is 10.9. The van der Waals surface area contributed by atoms with Crippen LogP contribution in [0, 0.1) is 0 Å². The van der Waals surface area contributed by atoms with Crippen molar-refractivity contribution in [3.05, 3.63) is 0 Å². The molecule has 1 rings (SSSR count). The molecule has 0 bridgehead atoms. The molecule has 1 amide bonds. The van der Waals surface area contributed by atoms with Crippen LogP contribution < -0.4 is 0 Å². The minimum atomic E-state index is 0.201. The lowest BCUT2D eigenvalue weighted by Crippen LogP contribution is -2.46. The van der Waals surface area contributed by atoms with Crippen molar-refractivity contribution in [3.8, 4) is 0 Å². The van der Waals surface area contributed by atoms with Crippen LogP contribution in [0.3, 0.4) is 0 Å². The largest absolute Gasteiger partial charge is 0.337 e. The van der Waals surface area contributed by atoms with Gasteiger partial charge >= 0.3 is 0 Å². The fourth-order valence-corrected chi connectivity index (χ4v) is 5.96. The molecule has 1 fully saturated rings. The first kappa shape index (κ1) is 29.5. The molecule has 1 aliphatic rings. The minimum Gasteiger partial charge on any atom is -0.337 e. The molecule has 2 heteroatoms. The zero-order chi connectivity index (χ0) is 23.3. The van der Waals surface area contributed by atoms with E-state index in [9.17, 15) is 4.79 Å². The highest BCUT2D eigenvalue weighted by molar-refractivity contribution is 5.74. The maximum atomic E-state index is 12.4. The molecule has 1 aliphatic heterocycles. The Morgan fingerprint density at radius 1 is 0.594 bits per heavy atom. The van der Waals surface area contributed by atoms with Gasteiger partial charge in [0.2, 0.25) is 5.91 Å². The van der Waals surface area contributed by atoms with Crippen molar-refractivity contribution in [2.45, 2.75) is 180 Å². The van der Waals surface area contributed by atoms with Crippen LogP contribution in [0.5, 0.6) is 0 Å². The lowest BCUT2D eigenvalue weighted by Gasteiger charge is -2.39. The number of amides is 1. The molecule has 0 aliphatic carbocycles. The molecule has 0 radical (unpaired) electrons. The Morgan fingerprint density at radius 3 is 1.28 bits per heavy atom. The minimum absolute atomic E-state index is 0.201. The fraction of sp³-hybridized carbons (Fsp3) is 0.967. The van der Waals surface area contributed by atoms with Gasteiger partial charge in [-0.15, -0.1) is 0 Å². The van der Waals surface area contributed by atoms with E-state index >= 15 is 0 Å². The number of rotatable bonds is 22. The number of hydrogen-bond acceptors (Lipinski definition) is 1. The summed E-state index contributed by atoms with van der Waals surface area (Å²) < 4.78 is 0. The molecular weight excluding hydrogens is 390 g/mol. The topological polar surface area (TPSA) is 20.3 Å². The molecule has 0 aromatic carbocycles. The molecule has 0 aromatic rings. The first-order valence-electron chi connectivity index (χ1n) is 14.9. The molecule has 32 heavy (non-hydrogen) atoms. The summed E-state index contributed by atoms with van der Waals surface area (Å²) in [6, 6.07) is 0.